The minimum absolute atomic E-state index is 0.0927. The van der Waals surface area contributed by atoms with Crippen LogP contribution in [0.5, 0.6) is 0 Å². The second kappa shape index (κ2) is 7.00. The summed E-state index contributed by atoms with van der Waals surface area (Å²) in [5.41, 5.74) is 7.41. The van der Waals surface area contributed by atoms with Crippen LogP contribution in [0.3, 0.4) is 0 Å². The third kappa shape index (κ3) is 4.02. The molecule has 6 heteroatoms. The number of methoxy groups -OCH3 is 1. The molecular formula is C16H15NO4S. The normalized spacial score (nSPS) is 10.2. The number of nitrogen functional groups attached to an aromatic ring is 1. The van der Waals surface area contributed by atoms with E-state index in [2.05, 4.69) is 4.74 Å². The molecule has 3 N–H and O–H groups in total. The number of carboxylic acids is 1. The first-order chi connectivity index (χ1) is 10.5. The molecule has 0 atom stereocenters. The van der Waals surface area contributed by atoms with E-state index < -0.39 is 5.97 Å². The van der Waals surface area contributed by atoms with Gasteiger partial charge in [-0.3, -0.25) is 4.79 Å². The topological polar surface area (TPSA) is 89.6 Å². The number of ether oxygens (including phenoxy) is 1. The van der Waals surface area contributed by atoms with Gasteiger partial charge in [0.1, 0.15) is 0 Å². The average molecular weight is 317 g/mol. The Balaban J connectivity index is 2.12. The number of carbonyl (C=O) groups is 2. The van der Waals surface area contributed by atoms with Crippen molar-refractivity contribution in [2.45, 2.75) is 16.2 Å². The molecule has 0 spiro atoms. The Hall–Kier alpha value is -2.47. The molecule has 5 nitrogen and oxygen atoms in total. The molecule has 0 unspecified atom stereocenters. The van der Waals surface area contributed by atoms with Crippen LogP contribution < -0.4 is 5.73 Å². The van der Waals surface area contributed by atoms with Gasteiger partial charge < -0.3 is 15.6 Å². The van der Waals surface area contributed by atoms with Crippen molar-refractivity contribution in [1.29, 1.82) is 0 Å². The number of hydrogen-bond acceptors (Lipinski definition) is 5. The van der Waals surface area contributed by atoms with Crippen LogP contribution >= 0.6 is 11.8 Å². The SMILES string of the molecule is COC(=O)c1ccc(Sc2ccc(CC(=O)O)c(N)c2)cc1. The van der Waals surface area contributed by atoms with E-state index in [4.69, 9.17) is 10.8 Å². The third-order valence-corrected chi connectivity index (χ3v) is 3.97. The smallest absolute Gasteiger partial charge is 0.337 e. The highest BCUT2D eigenvalue weighted by Crippen LogP contribution is 2.30. The molecule has 0 heterocycles. The number of carbonyl (C=O) groups excluding carboxylic acids is 1. The minimum Gasteiger partial charge on any atom is -0.481 e. The summed E-state index contributed by atoms with van der Waals surface area (Å²) in [6.45, 7) is 0. The van der Waals surface area contributed by atoms with Gasteiger partial charge in [0.25, 0.3) is 0 Å². The minimum atomic E-state index is -0.912. The summed E-state index contributed by atoms with van der Waals surface area (Å²) in [4.78, 5) is 23.9. The lowest BCUT2D eigenvalue weighted by molar-refractivity contribution is -0.136. The Kier molecular flexibility index (Phi) is 5.06. The number of nitrogens with two attached hydrogens (primary N) is 1. The Labute approximate surface area is 132 Å². The number of carboxylic acid groups (broad SMARTS) is 1. The highest BCUT2D eigenvalue weighted by molar-refractivity contribution is 7.99. The summed E-state index contributed by atoms with van der Waals surface area (Å²) in [5, 5.41) is 8.79. The van der Waals surface area contributed by atoms with E-state index >= 15 is 0 Å². The molecule has 0 bridgehead atoms. The molecule has 0 saturated heterocycles. The molecule has 2 rings (SSSR count). The monoisotopic (exact) mass is 317 g/mol. The summed E-state index contributed by atoms with van der Waals surface area (Å²) in [6.07, 6.45) is -0.0927. The Morgan fingerprint density at radius 2 is 1.77 bits per heavy atom. The molecule has 0 aliphatic carbocycles. The van der Waals surface area contributed by atoms with Crippen molar-refractivity contribution in [3.05, 3.63) is 53.6 Å². The molecule has 0 fully saturated rings. The molecule has 2 aromatic rings. The fourth-order valence-electron chi connectivity index (χ4n) is 1.87. The first kappa shape index (κ1) is 15.9. The van der Waals surface area contributed by atoms with Crippen molar-refractivity contribution in [3.63, 3.8) is 0 Å². The van der Waals surface area contributed by atoms with Gasteiger partial charge in [-0.1, -0.05) is 17.8 Å². The second-order valence-corrected chi connectivity index (χ2v) is 5.70. The maximum absolute atomic E-state index is 11.4. The van der Waals surface area contributed by atoms with E-state index in [1.807, 2.05) is 18.2 Å². The lowest BCUT2D eigenvalue weighted by Gasteiger charge is -2.07. The van der Waals surface area contributed by atoms with Crippen LogP contribution in [-0.4, -0.2) is 24.2 Å². The van der Waals surface area contributed by atoms with E-state index in [9.17, 15) is 9.59 Å². The molecule has 22 heavy (non-hydrogen) atoms. The Morgan fingerprint density at radius 1 is 1.14 bits per heavy atom. The zero-order valence-corrected chi connectivity index (χ0v) is 12.7. The lowest BCUT2D eigenvalue weighted by atomic mass is 10.1. The maximum Gasteiger partial charge on any atom is 0.337 e. The van der Waals surface area contributed by atoms with Crippen LogP contribution in [0, 0.1) is 0 Å². The van der Waals surface area contributed by atoms with Crippen molar-refractivity contribution in [2.75, 3.05) is 12.8 Å². The summed E-state index contributed by atoms with van der Waals surface area (Å²) in [6, 6.07) is 12.3. The van der Waals surface area contributed by atoms with Gasteiger partial charge in [-0.15, -0.1) is 0 Å². The standard InChI is InChI=1S/C16H15NO4S/c1-21-16(20)10-2-5-12(6-3-10)22-13-7-4-11(8-15(18)19)14(17)9-13/h2-7,9H,8,17H2,1H3,(H,18,19). The van der Waals surface area contributed by atoms with Crippen molar-refractivity contribution in [1.82, 2.24) is 0 Å². The molecule has 2 aromatic carbocycles. The molecule has 0 amide bonds. The molecule has 0 aliphatic heterocycles. The zero-order valence-electron chi connectivity index (χ0n) is 11.9. The van der Waals surface area contributed by atoms with Crippen LogP contribution in [-0.2, 0) is 16.0 Å². The van der Waals surface area contributed by atoms with Gasteiger partial charge in [0.15, 0.2) is 0 Å². The van der Waals surface area contributed by atoms with E-state index in [1.54, 1.807) is 24.3 Å². The van der Waals surface area contributed by atoms with Crippen LogP contribution in [0.15, 0.2) is 52.3 Å². The molecule has 114 valence electrons. The molecule has 0 saturated carbocycles. The van der Waals surface area contributed by atoms with Gasteiger partial charge in [0, 0.05) is 15.5 Å². The molecule has 0 radical (unpaired) electrons. The van der Waals surface area contributed by atoms with Crippen LogP contribution in [0.25, 0.3) is 0 Å². The van der Waals surface area contributed by atoms with E-state index in [-0.39, 0.29) is 12.4 Å². The van der Waals surface area contributed by atoms with E-state index in [1.165, 1.54) is 18.9 Å². The Morgan fingerprint density at radius 3 is 2.32 bits per heavy atom. The number of esters is 1. The summed E-state index contributed by atoms with van der Waals surface area (Å²) >= 11 is 1.48. The highest BCUT2D eigenvalue weighted by atomic mass is 32.2. The third-order valence-electron chi connectivity index (χ3n) is 2.97. The van der Waals surface area contributed by atoms with Gasteiger partial charge in [0.2, 0.25) is 0 Å². The fraction of sp³-hybridized carbons (Fsp3) is 0.125. The van der Waals surface area contributed by atoms with Crippen molar-refractivity contribution >= 4 is 29.4 Å². The first-order valence-electron chi connectivity index (χ1n) is 6.46. The number of anilines is 1. The number of rotatable bonds is 5. The van der Waals surface area contributed by atoms with Crippen molar-refractivity contribution in [2.24, 2.45) is 0 Å². The first-order valence-corrected chi connectivity index (χ1v) is 7.27. The van der Waals surface area contributed by atoms with Gasteiger partial charge in [-0.2, -0.15) is 0 Å². The van der Waals surface area contributed by atoms with Gasteiger partial charge >= 0.3 is 11.9 Å². The maximum atomic E-state index is 11.4. The molecule has 0 aromatic heterocycles. The van der Waals surface area contributed by atoms with Gasteiger partial charge in [-0.05, 0) is 42.0 Å². The fourth-order valence-corrected chi connectivity index (χ4v) is 2.74. The number of hydrogen-bond donors (Lipinski definition) is 2. The predicted molar refractivity (Wildman–Crippen MR) is 84.1 cm³/mol. The zero-order chi connectivity index (χ0) is 16.1. The van der Waals surface area contributed by atoms with Crippen LogP contribution in [0.1, 0.15) is 15.9 Å². The lowest BCUT2D eigenvalue weighted by Crippen LogP contribution is -2.03. The van der Waals surface area contributed by atoms with Crippen molar-refractivity contribution < 1.29 is 19.4 Å². The summed E-state index contributed by atoms with van der Waals surface area (Å²) in [7, 11) is 1.34. The van der Waals surface area contributed by atoms with E-state index in [0.717, 1.165) is 9.79 Å². The molecular weight excluding hydrogens is 302 g/mol. The number of aliphatic carboxylic acids is 1. The quantitative estimate of drug-likeness (QED) is 0.651. The molecule has 0 aliphatic rings. The Bertz CT molecular complexity index is 698. The largest absolute Gasteiger partial charge is 0.481 e. The summed E-state index contributed by atoms with van der Waals surface area (Å²) in [5.74, 6) is -1.29. The second-order valence-electron chi connectivity index (χ2n) is 4.55. The summed E-state index contributed by atoms with van der Waals surface area (Å²) < 4.78 is 4.64. The van der Waals surface area contributed by atoms with Gasteiger partial charge in [0.05, 0.1) is 19.1 Å². The number of benzene rings is 2. The average Bonchev–Trinajstić information content (AvgIpc) is 2.49. The van der Waals surface area contributed by atoms with Crippen LogP contribution in [0.2, 0.25) is 0 Å². The van der Waals surface area contributed by atoms with Crippen molar-refractivity contribution in [3.8, 4) is 0 Å². The van der Waals surface area contributed by atoms with Gasteiger partial charge in [-0.25, -0.2) is 4.79 Å². The highest BCUT2D eigenvalue weighted by Gasteiger charge is 2.08. The van der Waals surface area contributed by atoms with Crippen LogP contribution in [0.4, 0.5) is 5.69 Å². The predicted octanol–water partition coefficient (Wildman–Crippen LogP) is 2.83. The van der Waals surface area contributed by atoms with E-state index in [0.29, 0.717) is 16.8 Å².